The molecule has 136 valence electrons. The predicted molar refractivity (Wildman–Crippen MR) is 97.7 cm³/mol. The van der Waals surface area contributed by atoms with Crippen LogP contribution in [0, 0.1) is 6.92 Å². The monoisotopic (exact) mass is 399 g/mol. The van der Waals surface area contributed by atoms with Crippen molar-refractivity contribution in [1.82, 2.24) is 4.98 Å². The number of sulfone groups is 1. The van der Waals surface area contributed by atoms with Gasteiger partial charge in [-0.25, -0.2) is 18.2 Å². The van der Waals surface area contributed by atoms with E-state index in [4.69, 9.17) is 4.74 Å². The molecule has 8 heteroatoms. The topological polar surface area (TPSA) is 90.4 Å². The third kappa shape index (κ3) is 2.96. The molecule has 0 fully saturated rings. The second-order valence-corrected chi connectivity index (χ2v) is 8.92. The molecular weight excluding hydrogens is 386 g/mol. The lowest BCUT2D eigenvalue weighted by molar-refractivity contribution is 0.0467. The summed E-state index contributed by atoms with van der Waals surface area (Å²) in [7, 11) is -3.89. The summed E-state index contributed by atoms with van der Waals surface area (Å²) in [6.45, 7) is 1.84. The van der Waals surface area contributed by atoms with Gasteiger partial charge < -0.3 is 4.74 Å². The number of aromatic nitrogens is 1. The average Bonchev–Trinajstić information content (AvgIpc) is 3.09. The summed E-state index contributed by atoms with van der Waals surface area (Å²) in [5.74, 6) is -1.06. The van der Waals surface area contributed by atoms with Gasteiger partial charge in [-0.1, -0.05) is 12.1 Å². The highest BCUT2D eigenvalue weighted by Gasteiger charge is 2.35. The number of benzene rings is 2. The highest BCUT2D eigenvalue weighted by atomic mass is 32.2. The smallest absolute Gasteiger partial charge is 0.338 e. The fraction of sp³-hybridized carbons (Fsp3) is 0.105. The number of hydrogen-bond acceptors (Lipinski definition) is 7. The molecule has 0 saturated heterocycles. The molecule has 6 nitrogen and oxygen atoms in total. The standard InChI is InChI=1S/C19H13NO5S2/c1-11-20-13(10-26-11)9-25-19(22)12-6-7-15-17(8-12)27(23,24)16-5-3-2-4-14(16)18(15)21/h2-8,10H,9H2,1H3. The Morgan fingerprint density at radius 1 is 1.11 bits per heavy atom. The zero-order chi connectivity index (χ0) is 19.2. The van der Waals surface area contributed by atoms with Crippen LogP contribution < -0.4 is 0 Å². The molecule has 0 aliphatic carbocycles. The number of fused-ring (bicyclic) bond motifs is 2. The lowest BCUT2D eigenvalue weighted by Gasteiger charge is -2.19. The van der Waals surface area contributed by atoms with Crippen LogP contribution in [0.2, 0.25) is 0 Å². The van der Waals surface area contributed by atoms with E-state index in [0.29, 0.717) is 5.69 Å². The molecule has 0 atom stereocenters. The van der Waals surface area contributed by atoms with Crippen LogP contribution in [0.5, 0.6) is 0 Å². The summed E-state index contributed by atoms with van der Waals surface area (Å²) >= 11 is 1.44. The first-order valence-electron chi connectivity index (χ1n) is 7.99. The highest BCUT2D eigenvalue weighted by Crippen LogP contribution is 2.34. The summed E-state index contributed by atoms with van der Waals surface area (Å²) in [5, 5.41) is 2.65. The molecule has 0 bridgehead atoms. The quantitative estimate of drug-likeness (QED) is 0.492. The number of carbonyl (C=O) groups is 2. The highest BCUT2D eigenvalue weighted by molar-refractivity contribution is 7.91. The number of rotatable bonds is 3. The summed E-state index contributed by atoms with van der Waals surface area (Å²) in [5.41, 5.74) is 0.886. The van der Waals surface area contributed by atoms with Crippen molar-refractivity contribution in [3.05, 3.63) is 75.2 Å². The van der Waals surface area contributed by atoms with Crippen LogP contribution in [0.4, 0.5) is 0 Å². The van der Waals surface area contributed by atoms with E-state index in [0.717, 1.165) is 5.01 Å². The third-order valence-electron chi connectivity index (χ3n) is 4.19. The predicted octanol–water partition coefficient (Wildman–Crippen LogP) is 3.19. The van der Waals surface area contributed by atoms with Gasteiger partial charge >= 0.3 is 5.97 Å². The Bertz CT molecular complexity index is 1190. The SMILES string of the molecule is Cc1nc(COC(=O)c2ccc3c(c2)S(=O)(=O)c2ccccc2C3=O)cs1. The van der Waals surface area contributed by atoms with Gasteiger partial charge in [-0.05, 0) is 37.3 Å². The van der Waals surface area contributed by atoms with Gasteiger partial charge in [-0.15, -0.1) is 11.3 Å². The van der Waals surface area contributed by atoms with Crippen molar-refractivity contribution in [2.45, 2.75) is 23.3 Å². The van der Waals surface area contributed by atoms with Gasteiger partial charge in [-0.2, -0.15) is 0 Å². The van der Waals surface area contributed by atoms with Crippen molar-refractivity contribution < 1.29 is 22.7 Å². The minimum absolute atomic E-state index is 0.00519. The lowest BCUT2D eigenvalue weighted by atomic mass is 10.0. The molecule has 4 rings (SSSR count). The van der Waals surface area contributed by atoms with Crippen LogP contribution in [0.15, 0.2) is 57.6 Å². The first-order valence-corrected chi connectivity index (χ1v) is 10.4. The molecule has 1 aromatic heterocycles. The number of nitrogens with zero attached hydrogens (tertiary/aromatic N) is 1. The molecule has 0 unspecified atom stereocenters. The van der Waals surface area contributed by atoms with Crippen molar-refractivity contribution in [3.8, 4) is 0 Å². The zero-order valence-electron chi connectivity index (χ0n) is 14.1. The molecule has 0 N–H and O–H groups in total. The maximum absolute atomic E-state index is 12.9. The Kier molecular flexibility index (Phi) is 4.16. The summed E-state index contributed by atoms with van der Waals surface area (Å²) in [6, 6.07) is 10.00. The fourth-order valence-electron chi connectivity index (χ4n) is 2.91. The normalized spacial score (nSPS) is 14.3. The maximum atomic E-state index is 12.9. The molecule has 1 aliphatic heterocycles. The third-order valence-corrected chi connectivity index (χ3v) is 6.86. The second-order valence-electron chi connectivity index (χ2n) is 5.97. The van der Waals surface area contributed by atoms with Gasteiger partial charge in [0, 0.05) is 16.5 Å². The van der Waals surface area contributed by atoms with Gasteiger partial charge in [0.25, 0.3) is 0 Å². The van der Waals surface area contributed by atoms with Crippen LogP contribution in [0.1, 0.15) is 37.0 Å². The molecule has 2 aromatic carbocycles. The first-order chi connectivity index (χ1) is 12.9. The Balaban J connectivity index is 1.68. The number of aryl methyl sites for hydroxylation is 1. The maximum Gasteiger partial charge on any atom is 0.338 e. The van der Waals surface area contributed by atoms with Crippen LogP contribution >= 0.6 is 11.3 Å². The van der Waals surface area contributed by atoms with E-state index in [-0.39, 0.29) is 38.9 Å². The molecular formula is C19H13NO5S2. The minimum atomic E-state index is -3.89. The second kappa shape index (κ2) is 6.40. The molecule has 0 saturated carbocycles. The molecule has 0 amide bonds. The van der Waals surface area contributed by atoms with Crippen LogP contribution in [0.25, 0.3) is 0 Å². The number of thiazole rings is 1. The van der Waals surface area contributed by atoms with E-state index >= 15 is 0 Å². The number of ether oxygens (including phenoxy) is 1. The Morgan fingerprint density at radius 3 is 2.59 bits per heavy atom. The largest absolute Gasteiger partial charge is 0.456 e. The summed E-state index contributed by atoms with van der Waals surface area (Å²) in [4.78, 5) is 28.9. The van der Waals surface area contributed by atoms with E-state index in [1.807, 2.05) is 6.92 Å². The van der Waals surface area contributed by atoms with Crippen molar-refractivity contribution in [1.29, 1.82) is 0 Å². The molecule has 0 radical (unpaired) electrons. The molecule has 0 spiro atoms. The van der Waals surface area contributed by atoms with E-state index in [1.54, 1.807) is 17.5 Å². The van der Waals surface area contributed by atoms with Crippen molar-refractivity contribution >= 4 is 32.9 Å². The van der Waals surface area contributed by atoms with E-state index in [1.165, 1.54) is 41.7 Å². The summed E-state index contributed by atoms with van der Waals surface area (Å²) < 4.78 is 31.0. The van der Waals surface area contributed by atoms with Crippen molar-refractivity contribution in [3.63, 3.8) is 0 Å². The van der Waals surface area contributed by atoms with Gasteiger partial charge in [0.05, 0.1) is 26.1 Å². The van der Waals surface area contributed by atoms with Crippen molar-refractivity contribution in [2.24, 2.45) is 0 Å². The number of carbonyl (C=O) groups excluding carboxylic acids is 2. The molecule has 27 heavy (non-hydrogen) atoms. The van der Waals surface area contributed by atoms with Gasteiger partial charge in [0.1, 0.15) is 6.61 Å². The van der Waals surface area contributed by atoms with Gasteiger partial charge in [0.2, 0.25) is 9.84 Å². The fourth-order valence-corrected chi connectivity index (χ4v) is 5.18. The van der Waals surface area contributed by atoms with Crippen molar-refractivity contribution in [2.75, 3.05) is 0 Å². The van der Waals surface area contributed by atoms with Gasteiger partial charge in [-0.3, -0.25) is 4.79 Å². The lowest BCUT2D eigenvalue weighted by Crippen LogP contribution is -2.21. The van der Waals surface area contributed by atoms with E-state index < -0.39 is 15.8 Å². The molecule has 2 heterocycles. The van der Waals surface area contributed by atoms with E-state index in [2.05, 4.69) is 4.98 Å². The molecule has 3 aromatic rings. The summed E-state index contributed by atoms with van der Waals surface area (Å²) in [6.07, 6.45) is 0. The van der Waals surface area contributed by atoms with Crippen LogP contribution in [-0.2, 0) is 21.2 Å². The van der Waals surface area contributed by atoms with E-state index in [9.17, 15) is 18.0 Å². The molecule has 1 aliphatic rings. The zero-order valence-corrected chi connectivity index (χ0v) is 15.8. The number of hydrogen-bond donors (Lipinski definition) is 0. The van der Waals surface area contributed by atoms with Crippen LogP contribution in [0.3, 0.4) is 0 Å². The van der Waals surface area contributed by atoms with Crippen LogP contribution in [-0.4, -0.2) is 25.2 Å². The Hall–Kier alpha value is -2.84. The minimum Gasteiger partial charge on any atom is -0.456 e. The number of ketones is 1. The Morgan fingerprint density at radius 2 is 1.85 bits per heavy atom. The van der Waals surface area contributed by atoms with Gasteiger partial charge in [0.15, 0.2) is 5.78 Å². The first kappa shape index (κ1) is 17.6. The average molecular weight is 399 g/mol. The number of esters is 1. The Labute approximate surface area is 159 Å².